The van der Waals surface area contributed by atoms with Gasteiger partial charge in [-0.05, 0) is 48.3 Å². The van der Waals surface area contributed by atoms with Gasteiger partial charge in [-0.15, -0.1) is 0 Å². The van der Waals surface area contributed by atoms with Crippen molar-refractivity contribution in [2.75, 3.05) is 0 Å². The standard InChI is InChI=1S/C18H15ClN2O3/c19-9-3-1-2-8(6-9)16(22)20-21-17(23)14-10-4-5-11(13-7-12(10)13)15(14)18(21)24/h1-6,10-15H,7H2,(H,20,22)/t10-,11+,12-,13-,14+,15+/m1/s1. The highest BCUT2D eigenvalue weighted by Crippen LogP contribution is 2.65. The van der Waals surface area contributed by atoms with Crippen LogP contribution in [0.2, 0.25) is 5.02 Å². The zero-order valence-corrected chi connectivity index (χ0v) is 13.4. The molecule has 1 heterocycles. The second-order valence-corrected chi connectivity index (χ2v) is 7.55. The highest BCUT2D eigenvalue weighted by atomic mass is 35.5. The van der Waals surface area contributed by atoms with Crippen LogP contribution in [0.1, 0.15) is 16.8 Å². The zero-order chi connectivity index (χ0) is 16.6. The van der Waals surface area contributed by atoms with Gasteiger partial charge < -0.3 is 0 Å². The minimum absolute atomic E-state index is 0.148. The van der Waals surface area contributed by atoms with Crippen LogP contribution in [0.15, 0.2) is 36.4 Å². The lowest BCUT2D eigenvalue weighted by atomic mass is 9.63. The predicted molar refractivity (Wildman–Crippen MR) is 85.5 cm³/mol. The third-order valence-corrected chi connectivity index (χ3v) is 6.20. The molecule has 0 unspecified atom stereocenters. The molecule has 5 aliphatic rings. The second kappa shape index (κ2) is 4.70. The van der Waals surface area contributed by atoms with Gasteiger partial charge in [0.25, 0.3) is 17.7 Å². The van der Waals surface area contributed by atoms with E-state index in [2.05, 4.69) is 17.6 Å². The Labute approximate surface area is 143 Å². The maximum absolute atomic E-state index is 12.8. The maximum atomic E-state index is 12.8. The molecular weight excluding hydrogens is 328 g/mol. The molecule has 6 atom stereocenters. The third-order valence-electron chi connectivity index (χ3n) is 5.96. The number of imide groups is 1. The molecule has 3 fully saturated rings. The molecule has 1 aromatic carbocycles. The SMILES string of the molecule is O=C(NN1C(=O)[C@H]2[C@@H]3C=C[C@@H]([C@H]4C[C@H]34)[C@@H]2C1=O)c1cccc(Cl)c1. The summed E-state index contributed by atoms with van der Waals surface area (Å²) in [6.07, 6.45) is 5.33. The molecule has 6 rings (SSSR count). The van der Waals surface area contributed by atoms with E-state index < -0.39 is 5.91 Å². The van der Waals surface area contributed by atoms with E-state index in [1.807, 2.05) is 0 Å². The minimum Gasteiger partial charge on any atom is -0.272 e. The Balaban J connectivity index is 1.41. The summed E-state index contributed by atoms with van der Waals surface area (Å²) in [5.74, 6) is -0.280. The molecule has 4 aliphatic carbocycles. The average Bonchev–Trinajstić information content (AvgIpc) is 3.36. The summed E-state index contributed by atoms with van der Waals surface area (Å²) >= 11 is 5.89. The van der Waals surface area contributed by atoms with Crippen LogP contribution in [0, 0.1) is 35.5 Å². The first-order valence-electron chi connectivity index (χ1n) is 8.19. The summed E-state index contributed by atoms with van der Waals surface area (Å²) < 4.78 is 0. The Morgan fingerprint density at radius 2 is 1.71 bits per heavy atom. The second-order valence-electron chi connectivity index (χ2n) is 7.12. The van der Waals surface area contributed by atoms with E-state index in [1.165, 1.54) is 6.07 Å². The summed E-state index contributed by atoms with van der Waals surface area (Å²) in [7, 11) is 0. The van der Waals surface area contributed by atoms with Gasteiger partial charge in [0.1, 0.15) is 0 Å². The van der Waals surface area contributed by atoms with Crippen molar-refractivity contribution in [2.45, 2.75) is 6.42 Å². The highest BCUT2D eigenvalue weighted by Gasteiger charge is 2.67. The number of carbonyl (C=O) groups is 3. The van der Waals surface area contributed by atoms with E-state index in [-0.39, 0.29) is 35.5 Å². The number of halogens is 1. The summed E-state index contributed by atoms with van der Waals surface area (Å²) in [4.78, 5) is 37.9. The van der Waals surface area contributed by atoms with Crippen LogP contribution in [0.4, 0.5) is 0 Å². The number of nitrogens with one attached hydrogen (secondary N) is 1. The first-order chi connectivity index (χ1) is 11.6. The predicted octanol–water partition coefficient (Wildman–Crippen LogP) is 2.04. The Hall–Kier alpha value is -2.14. The average molecular weight is 343 g/mol. The van der Waals surface area contributed by atoms with Crippen molar-refractivity contribution in [3.8, 4) is 0 Å². The number of hydrazine groups is 1. The third kappa shape index (κ3) is 1.79. The largest absolute Gasteiger partial charge is 0.272 e. The van der Waals surface area contributed by atoms with E-state index in [4.69, 9.17) is 11.6 Å². The van der Waals surface area contributed by atoms with Gasteiger partial charge in [-0.25, -0.2) is 0 Å². The van der Waals surface area contributed by atoms with Crippen LogP contribution < -0.4 is 5.43 Å². The Bertz CT molecular complexity index is 784. The summed E-state index contributed by atoms with van der Waals surface area (Å²) in [6.45, 7) is 0. The molecule has 0 aromatic heterocycles. The molecule has 5 nitrogen and oxygen atoms in total. The fourth-order valence-electron chi connectivity index (χ4n) is 4.86. The molecule has 3 amide bonds. The topological polar surface area (TPSA) is 66.5 Å². The van der Waals surface area contributed by atoms with E-state index in [1.54, 1.807) is 18.2 Å². The highest BCUT2D eigenvalue weighted by molar-refractivity contribution is 6.31. The van der Waals surface area contributed by atoms with Gasteiger partial charge in [-0.3, -0.25) is 19.8 Å². The van der Waals surface area contributed by atoms with E-state index in [0.29, 0.717) is 22.4 Å². The van der Waals surface area contributed by atoms with Gasteiger partial charge in [0.15, 0.2) is 0 Å². The fraction of sp³-hybridized carbons (Fsp3) is 0.389. The Morgan fingerprint density at radius 1 is 1.08 bits per heavy atom. The molecule has 24 heavy (non-hydrogen) atoms. The van der Waals surface area contributed by atoms with Crippen LogP contribution in [-0.4, -0.2) is 22.7 Å². The summed E-state index contributed by atoms with van der Waals surface area (Å²) in [5, 5.41) is 1.37. The minimum atomic E-state index is -0.497. The first-order valence-corrected chi connectivity index (χ1v) is 8.57. The lowest BCUT2D eigenvalue weighted by Gasteiger charge is -2.37. The monoisotopic (exact) mass is 342 g/mol. The maximum Gasteiger partial charge on any atom is 0.270 e. The molecule has 1 saturated heterocycles. The summed E-state index contributed by atoms with van der Waals surface area (Å²) in [6, 6.07) is 6.42. The normalized spacial score (nSPS) is 38.1. The van der Waals surface area contributed by atoms with E-state index in [9.17, 15) is 14.4 Å². The molecule has 2 saturated carbocycles. The molecule has 122 valence electrons. The van der Waals surface area contributed by atoms with Crippen LogP contribution in [0.5, 0.6) is 0 Å². The molecule has 1 aromatic rings. The molecule has 0 spiro atoms. The van der Waals surface area contributed by atoms with Gasteiger partial charge in [-0.1, -0.05) is 29.8 Å². The molecular formula is C18H15ClN2O3. The lowest BCUT2D eigenvalue weighted by molar-refractivity contribution is -0.143. The van der Waals surface area contributed by atoms with Gasteiger partial charge in [0.05, 0.1) is 11.8 Å². The number of rotatable bonds is 2. The molecule has 6 heteroatoms. The zero-order valence-electron chi connectivity index (χ0n) is 12.7. The van der Waals surface area contributed by atoms with Crippen molar-refractivity contribution in [1.29, 1.82) is 0 Å². The first kappa shape index (κ1) is 14.2. The van der Waals surface area contributed by atoms with Crippen molar-refractivity contribution >= 4 is 29.3 Å². The summed E-state index contributed by atoms with van der Waals surface area (Å²) in [5.41, 5.74) is 2.81. The van der Waals surface area contributed by atoms with Crippen LogP contribution in [-0.2, 0) is 9.59 Å². The van der Waals surface area contributed by atoms with Crippen molar-refractivity contribution in [3.63, 3.8) is 0 Å². The number of hydrogen-bond donors (Lipinski definition) is 1. The number of hydrogen-bond acceptors (Lipinski definition) is 3. The fourth-order valence-corrected chi connectivity index (χ4v) is 5.05. The number of amides is 3. The molecule has 1 aliphatic heterocycles. The van der Waals surface area contributed by atoms with Crippen LogP contribution in [0.25, 0.3) is 0 Å². The number of nitrogens with zero attached hydrogens (tertiary/aromatic N) is 1. The van der Waals surface area contributed by atoms with Crippen molar-refractivity contribution < 1.29 is 14.4 Å². The van der Waals surface area contributed by atoms with Gasteiger partial charge in [0.2, 0.25) is 0 Å². The Kier molecular flexibility index (Phi) is 2.78. The molecule has 0 radical (unpaired) electrons. The van der Waals surface area contributed by atoms with Crippen molar-refractivity contribution in [2.24, 2.45) is 35.5 Å². The van der Waals surface area contributed by atoms with Crippen LogP contribution in [0.3, 0.4) is 0 Å². The van der Waals surface area contributed by atoms with Crippen molar-refractivity contribution in [1.82, 2.24) is 10.4 Å². The lowest BCUT2D eigenvalue weighted by Crippen LogP contribution is -2.46. The van der Waals surface area contributed by atoms with Crippen molar-refractivity contribution in [3.05, 3.63) is 47.0 Å². The molecule has 2 bridgehead atoms. The van der Waals surface area contributed by atoms with Gasteiger partial charge in [-0.2, -0.15) is 5.01 Å². The van der Waals surface area contributed by atoms with Crippen LogP contribution >= 0.6 is 11.6 Å². The van der Waals surface area contributed by atoms with E-state index in [0.717, 1.165) is 11.4 Å². The number of allylic oxidation sites excluding steroid dienone is 2. The quantitative estimate of drug-likeness (QED) is 0.660. The van der Waals surface area contributed by atoms with E-state index >= 15 is 0 Å². The smallest absolute Gasteiger partial charge is 0.270 e. The number of carbonyl (C=O) groups excluding carboxylic acids is 3. The number of benzene rings is 1. The van der Waals surface area contributed by atoms with Gasteiger partial charge in [0, 0.05) is 10.6 Å². The Morgan fingerprint density at radius 3 is 2.29 bits per heavy atom. The van der Waals surface area contributed by atoms with Gasteiger partial charge >= 0.3 is 0 Å². The molecule has 1 N–H and O–H groups in total.